The Morgan fingerprint density at radius 2 is 0.480 bits per heavy atom. The Bertz CT molecular complexity index is 2320. The summed E-state index contributed by atoms with van der Waals surface area (Å²) in [5.41, 5.74) is -1.34. The van der Waals surface area contributed by atoms with Crippen LogP contribution < -0.4 is 0 Å². The largest absolute Gasteiger partial charge is 0.396 e. The van der Waals surface area contributed by atoms with Gasteiger partial charge in [-0.15, -0.1) is 0 Å². The van der Waals surface area contributed by atoms with Crippen LogP contribution in [0.15, 0.2) is 0 Å². The van der Waals surface area contributed by atoms with Crippen molar-refractivity contribution < 1.29 is 230 Å². The van der Waals surface area contributed by atoms with Crippen LogP contribution >= 0.6 is 0 Å². The van der Waals surface area contributed by atoms with Gasteiger partial charge in [0.25, 0.3) is 0 Å². The van der Waals surface area contributed by atoms with Gasteiger partial charge in [-0.05, 0) is 268 Å². The smallest absolute Gasteiger partial charge is 0.111 e. The summed E-state index contributed by atoms with van der Waals surface area (Å²) in [5.74, 6) is 0. The quantitative estimate of drug-likeness (QED) is 0.0304. The van der Waals surface area contributed by atoms with Crippen molar-refractivity contribution in [2.45, 2.75) is 596 Å². The van der Waals surface area contributed by atoms with E-state index >= 15 is 0 Å². The third kappa shape index (κ3) is 157. The summed E-state index contributed by atoms with van der Waals surface area (Å²) in [6, 6.07) is 0. The lowest BCUT2D eigenvalue weighted by molar-refractivity contribution is -0.0946. The van der Waals surface area contributed by atoms with Crippen molar-refractivity contribution in [3.05, 3.63) is 0 Å². The average molecular weight is 2220 g/mol. The van der Waals surface area contributed by atoms with Gasteiger partial charge in [0.2, 0.25) is 0 Å². The van der Waals surface area contributed by atoms with Crippen LogP contribution in [-0.2, 0) is 0 Å². The van der Waals surface area contributed by atoms with Gasteiger partial charge in [-0.3, -0.25) is 0 Å². The lowest BCUT2D eigenvalue weighted by Crippen LogP contribution is -2.42. The Morgan fingerprint density at radius 3 is 0.827 bits per heavy atom. The first kappa shape index (κ1) is 181. The van der Waals surface area contributed by atoms with Crippen molar-refractivity contribution in [3.63, 3.8) is 0 Å². The Hall–Kier alpha value is -1.80. The first-order chi connectivity index (χ1) is 69.9. The van der Waals surface area contributed by atoms with E-state index in [0.29, 0.717) is 167 Å². The number of rotatable bonds is 71. The maximum Gasteiger partial charge on any atom is 0.111 e. The molecule has 32 atom stereocenters. The first-order valence-electron chi connectivity index (χ1n) is 54.7. The van der Waals surface area contributed by atoms with Crippen LogP contribution in [-0.4, -0.2) is 510 Å². The molecule has 0 aliphatic carbocycles. The number of hydrogen-bond donors (Lipinski definition) is 45. The molecule has 0 aromatic rings. The second-order valence-corrected chi connectivity index (χ2v) is 38.2. The minimum absolute atomic E-state index is 0.0149. The van der Waals surface area contributed by atoms with Gasteiger partial charge in [-0.1, -0.05) is 108 Å². The molecule has 0 radical (unpaired) electrons. The van der Waals surface area contributed by atoms with Gasteiger partial charge in [0.05, 0.1) is 216 Å². The molecule has 0 amide bonds. The average Bonchev–Trinajstić information content (AvgIpc) is 0.895. The fraction of sp³-hybridized carbons (Fsp3) is 1.00. The van der Waals surface area contributed by atoms with Crippen LogP contribution in [0.5, 0.6) is 0 Å². The fourth-order valence-electron chi connectivity index (χ4n) is 11.1. The van der Waals surface area contributed by atoms with E-state index in [1.807, 2.05) is 48.5 Å². The molecule has 150 heavy (non-hydrogen) atoms. The molecule has 0 aliphatic rings. The molecule has 930 valence electrons. The summed E-state index contributed by atoms with van der Waals surface area (Å²) in [5, 5.41) is 397. The van der Waals surface area contributed by atoms with Crippen molar-refractivity contribution in [1.29, 1.82) is 0 Å². The van der Waals surface area contributed by atoms with E-state index in [9.17, 15) is 5.11 Å². The topological polar surface area (TPSA) is 910 Å². The number of unbranched alkanes of at least 4 members (excludes halogenated alkanes) is 4. The predicted molar refractivity (Wildman–Crippen MR) is 579 cm³/mol. The molecule has 0 aromatic carbocycles. The standard InChI is InChI=1S/15C7H16O3/c1-5(8)3-4-7(10)6(2)9;1-6(9)2-3-7(10)4-5-8;1-6(9)3-2-4-7(10)5-8;1-6(9)7(10)4-2-3-5-8;1-3-6(9)4-7(10)5(2)8;1-3-6(9)7(10)4-5(2)8;1-3-4-6(9)7(2,10)5-8;1-3-4-6(9)7(10)5(2)8;1-3-5(8)7(10)6(9)4-2;1-2-6(9)5-7(10)3-4-8;1-2-6(9)3-4-7(10)5-8;1-2-3-6(9)4-7(10)5-8;1-2-3-6(9)7(10)4-5-8;8-5-2-1-3-7(10)4-6-9;8-5-3-1-2-4-7(10)6-9/h5-10H,3-4H2,1-2H3;3*6-10H,2-5H2,1H3;2*5-10H,3-4H2,1-2H3;6,8-10H,3-5H2,1-2H3;2*5-10H,3-4H2,1-2H3;4*6-10H,2-5H2,1H3;2*7-10H,1-6H2. The second kappa shape index (κ2) is 134. The Balaban J connectivity index is -0.000000100. The number of aliphatic hydroxyl groups is 45. The lowest BCUT2D eigenvalue weighted by atomic mass is 9.97. The van der Waals surface area contributed by atoms with Gasteiger partial charge in [-0.25, -0.2) is 0 Å². The van der Waals surface area contributed by atoms with Gasteiger partial charge in [0.15, 0.2) is 0 Å². The highest BCUT2D eigenvalue weighted by molar-refractivity contribution is 4.80. The van der Waals surface area contributed by atoms with E-state index in [-0.39, 0.29) is 117 Å². The molecule has 0 rings (SSSR count). The summed E-state index contributed by atoms with van der Waals surface area (Å²) in [4.78, 5) is 0. The summed E-state index contributed by atoms with van der Waals surface area (Å²) in [6.07, 6.45) is 4.02. The zero-order chi connectivity index (χ0) is 120. The van der Waals surface area contributed by atoms with E-state index < -0.39 is 189 Å². The van der Waals surface area contributed by atoms with E-state index in [2.05, 4.69) is 0 Å². The fourth-order valence-corrected chi connectivity index (χ4v) is 11.1. The number of hydrogen-bond acceptors (Lipinski definition) is 45. The molecule has 45 N–H and O–H groups in total. The van der Waals surface area contributed by atoms with Gasteiger partial charge < -0.3 is 230 Å². The minimum Gasteiger partial charge on any atom is -0.396 e. The van der Waals surface area contributed by atoms with Gasteiger partial charge >= 0.3 is 0 Å². The highest BCUT2D eigenvalue weighted by Crippen LogP contribution is 2.17. The zero-order valence-corrected chi connectivity index (χ0v) is 95.6. The molecule has 0 saturated heterocycles. The maximum atomic E-state index is 9.22. The minimum atomic E-state index is -1.34. The monoisotopic (exact) mass is 2220 g/mol. The number of aliphatic hydroxyl groups excluding tert-OH is 44. The van der Waals surface area contributed by atoms with E-state index in [1.54, 1.807) is 55.4 Å². The van der Waals surface area contributed by atoms with Crippen LogP contribution in [0.3, 0.4) is 0 Å². The maximum absolute atomic E-state index is 9.22. The van der Waals surface area contributed by atoms with E-state index in [1.165, 1.54) is 27.7 Å². The Labute approximate surface area is 901 Å². The third-order valence-corrected chi connectivity index (χ3v) is 22.0. The Kier molecular flexibility index (Phi) is 162. The van der Waals surface area contributed by atoms with Crippen molar-refractivity contribution in [2.75, 3.05) is 79.3 Å². The molecule has 0 aliphatic heterocycles. The van der Waals surface area contributed by atoms with Gasteiger partial charge in [-0.2, -0.15) is 0 Å². The van der Waals surface area contributed by atoms with Gasteiger partial charge in [0, 0.05) is 65.5 Å². The van der Waals surface area contributed by atoms with E-state index in [4.69, 9.17) is 225 Å². The van der Waals surface area contributed by atoms with Gasteiger partial charge in [0.1, 0.15) is 17.8 Å². The van der Waals surface area contributed by atoms with Crippen molar-refractivity contribution in [3.8, 4) is 0 Å². The summed E-state index contributed by atoms with van der Waals surface area (Å²) in [7, 11) is 0. The van der Waals surface area contributed by atoms with Crippen molar-refractivity contribution in [1.82, 2.24) is 0 Å². The molecule has 0 heterocycles. The highest BCUT2D eigenvalue weighted by atomic mass is 16.4. The second-order valence-electron chi connectivity index (χ2n) is 38.2. The van der Waals surface area contributed by atoms with Crippen LogP contribution in [0.25, 0.3) is 0 Å². The van der Waals surface area contributed by atoms with Crippen molar-refractivity contribution in [2.24, 2.45) is 0 Å². The molecule has 45 nitrogen and oxygen atoms in total. The molecule has 0 spiro atoms. The molecular formula is C105H240O45. The molecule has 32 unspecified atom stereocenters. The molecule has 45 heteroatoms. The molecule has 0 saturated carbocycles. The molecule has 0 bridgehead atoms. The van der Waals surface area contributed by atoms with Crippen LogP contribution in [0.4, 0.5) is 0 Å². The van der Waals surface area contributed by atoms with Crippen LogP contribution in [0.1, 0.15) is 395 Å². The third-order valence-electron chi connectivity index (χ3n) is 22.0. The summed E-state index contributed by atoms with van der Waals surface area (Å²) < 4.78 is 0. The lowest BCUT2D eigenvalue weighted by Gasteiger charge is -2.26. The zero-order valence-electron chi connectivity index (χ0n) is 95.6. The van der Waals surface area contributed by atoms with Crippen LogP contribution in [0, 0.1) is 0 Å². The summed E-state index contributed by atoms with van der Waals surface area (Å²) in [6.45, 7) is 32.1. The predicted octanol–water partition coefficient (Wildman–Crippen LogP) is -1.64. The first-order valence-corrected chi connectivity index (χ1v) is 54.7. The molecular weight excluding hydrogens is 1980 g/mol. The molecule has 0 fully saturated rings. The van der Waals surface area contributed by atoms with Crippen molar-refractivity contribution >= 4 is 0 Å². The van der Waals surface area contributed by atoms with E-state index in [0.717, 1.165) is 70.6 Å². The Morgan fingerprint density at radius 1 is 0.173 bits per heavy atom. The highest BCUT2D eigenvalue weighted by Gasteiger charge is 2.29. The summed E-state index contributed by atoms with van der Waals surface area (Å²) >= 11 is 0. The normalized spacial score (nSPS) is 17.7. The van der Waals surface area contributed by atoms with Crippen LogP contribution in [0.2, 0.25) is 0 Å². The SMILES string of the molecule is CC(O)C(O)CCCCO.CC(O)CCC(O)C(C)O.CC(O)CCC(O)CCO.CC(O)CCCC(O)CO.CCC(O)C(O)C(O)CC.CCC(O)C(O)CC(C)O.CCC(O)CC(O)C(C)O.CCC(O)CC(O)CCO.CCC(O)CCC(O)CO.CCCC(O)C(C)(O)CO.CCCC(O)C(O)C(C)O.CCCC(O)C(O)CCO.CCCC(O)CC(O)CO.OCCCCC(O)CCO.OCCCCCC(O)CO. The molecule has 0 aromatic heterocycles.